The number of carbonyl (C=O) groups excluding carboxylic acids is 1. The lowest BCUT2D eigenvalue weighted by Crippen LogP contribution is -2.42. The van der Waals surface area contributed by atoms with Crippen LogP contribution in [-0.2, 0) is 14.8 Å². The Bertz CT molecular complexity index is 1170. The molecule has 0 unspecified atom stereocenters. The monoisotopic (exact) mass is 454 g/mol. The lowest BCUT2D eigenvalue weighted by Gasteiger charge is -2.26. The Labute approximate surface area is 190 Å². The summed E-state index contributed by atoms with van der Waals surface area (Å²) >= 11 is 0. The van der Waals surface area contributed by atoms with E-state index in [4.69, 9.17) is 4.74 Å². The quantitative estimate of drug-likeness (QED) is 0.516. The normalized spacial score (nSPS) is 12.5. The Morgan fingerprint density at radius 2 is 1.66 bits per heavy atom. The zero-order valence-electron chi connectivity index (χ0n) is 18.9. The van der Waals surface area contributed by atoms with Crippen molar-refractivity contribution in [2.24, 2.45) is 5.92 Å². The number of benzene rings is 3. The number of carbonyl (C=O) groups is 1. The lowest BCUT2D eigenvalue weighted by atomic mass is 9.97. The van der Waals surface area contributed by atoms with E-state index in [0.717, 1.165) is 34.8 Å². The predicted molar refractivity (Wildman–Crippen MR) is 129 cm³/mol. The van der Waals surface area contributed by atoms with Gasteiger partial charge >= 0.3 is 0 Å². The first-order valence-corrected chi connectivity index (χ1v) is 12.4. The Balaban J connectivity index is 1.88. The SMILES string of the molecule is COc1ccc([C@@H](CC(C)C)NC(=O)CN(c2cccc3ccccc23)S(C)(=O)=O)cc1. The zero-order valence-corrected chi connectivity index (χ0v) is 19.7. The van der Waals surface area contributed by atoms with Crippen molar-refractivity contribution >= 4 is 32.4 Å². The van der Waals surface area contributed by atoms with Crippen LogP contribution >= 0.6 is 0 Å². The minimum Gasteiger partial charge on any atom is -0.497 e. The molecule has 0 aliphatic heterocycles. The number of methoxy groups -OCH3 is 1. The molecule has 32 heavy (non-hydrogen) atoms. The molecule has 1 atom stereocenters. The zero-order chi connectivity index (χ0) is 23.3. The molecule has 0 radical (unpaired) electrons. The molecule has 3 aromatic carbocycles. The van der Waals surface area contributed by atoms with E-state index in [1.165, 1.54) is 4.31 Å². The number of amides is 1. The lowest BCUT2D eigenvalue weighted by molar-refractivity contribution is -0.120. The van der Waals surface area contributed by atoms with E-state index in [1.54, 1.807) is 19.2 Å². The molecule has 0 spiro atoms. The highest BCUT2D eigenvalue weighted by atomic mass is 32.2. The molecule has 0 aliphatic rings. The van der Waals surface area contributed by atoms with E-state index < -0.39 is 10.0 Å². The summed E-state index contributed by atoms with van der Waals surface area (Å²) in [7, 11) is -2.07. The molecule has 3 rings (SSSR count). The van der Waals surface area contributed by atoms with Crippen LogP contribution in [-0.4, -0.2) is 34.2 Å². The number of fused-ring (bicyclic) bond motifs is 1. The van der Waals surface area contributed by atoms with E-state index in [0.29, 0.717) is 11.6 Å². The van der Waals surface area contributed by atoms with Crippen molar-refractivity contribution in [3.05, 3.63) is 72.3 Å². The number of rotatable bonds is 9. The number of ether oxygens (including phenoxy) is 1. The molecular formula is C25H30N2O4S. The van der Waals surface area contributed by atoms with Gasteiger partial charge in [-0.25, -0.2) is 8.42 Å². The van der Waals surface area contributed by atoms with Crippen molar-refractivity contribution in [1.29, 1.82) is 0 Å². The van der Waals surface area contributed by atoms with E-state index in [2.05, 4.69) is 19.2 Å². The summed E-state index contributed by atoms with van der Waals surface area (Å²) in [6.45, 7) is 3.88. The second kappa shape index (κ2) is 10.0. The number of hydrogen-bond donors (Lipinski definition) is 1. The van der Waals surface area contributed by atoms with Crippen LogP contribution in [0.3, 0.4) is 0 Å². The maximum Gasteiger partial charge on any atom is 0.241 e. The number of nitrogens with zero attached hydrogens (tertiary/aromatic N) is 1. The third-order valence-electron chi connectivity index (χ3n) is 5.28. The minimum absolute atomic E-state index is 0.234. The van der Waals surface area contributed by atoms with Crippen molar-refractivity contribution < 1.29 is 17.9 Å². The average molecular weight is 455 g/mol. The third kappa shape index (κ3) is 5.79. The standard InChI is InChI=1S/C25H30N2O4S/c1-18(2)16-23(20-12-14-21(31-3)15-13-20)26-25(28)17-27(32(4,29)30)24-11-7-9-19-8-5-6-10-22(19)24/h5-15,18,23H,16-17H2,1-4H3,(H,26,28)/t23-/m1/s1. The average Bonchev–Trinajstić information content (AvgIpc) is 2.76. The number of anilines is 1. The summed E-state index contributed by atoms with van der Waals surface area (Å²) in [6, 6.07) is 20.3. The molecule has 0 saturated carbocycles. The summed E-state index contributed by atoms with van der Waals surface area (Å²) < 4.78 is 31.7. The maximum atomic E-state index is 13.1. The predicted octanol–water partition coefficient (Wildman–Crippen LogP) is 4.52. The van der Waals surface area contributed by atoms with Gasteiger partial charge in [-0.2, -0.15) is 0 Å². The minimum atomic E-state index is -3.68. The van der Waals surface area contributed by atoms with E-state index in [-0.39, 0.29) is 18.5 Å². The van der Waals surface area contributed by atoms with Crippen LogP contribution in [0.15, 0.2) is 66.7 Å². The van der Waals surface area contributed by atoms with Crippen molar-refractivity contribution in [2.75, 3.05) is 24.2 Å². The van der Waals surface area contributed by atoms with Crippen molar-refractivity contribution in [3.63, 3.8) is 0 Å². The van der Waals surface area contributed by atoms with Gasteiger partial charge < -0.3 is 10.1 Å². The Kier molecular flexibility index (Phi) is 7.40. The molecule has 1 amide bonds. The van der Waals surface area contributed by atoms with Crippen LogP contribution in [0.4, 0.5) is 5.69 Å². The summed E-state index contributed by atoms with van der Waals surface area (Å²) in [5, 5.41) is 4.73. The first-order chi connectivity index (χ1) is 15.2. The van der Waals surface area contributed by atoms with E-state index >= 15 is 0 Å². The first kappa shape index (κ1) is 23.6. The molecule has 0 heterocycles. The molecule has 3 aromatic rings. The summed E-state index contributed by atoms with van der Waals surface area (Å²) in [4.78, 5) is 13.1. The fourth-order valence-electron chi connectivity index (χ4n) is 3.76. The van der Waals surface area contributed by atoms with Crippen LogP contribution in [0.1, 0.15) is 31.9 Å². The van der Waals surface area contributed by atoms with Gasteiger partial charge in [-0.3, -0.25) is 9.10 Å². The summed E-state index contributed by atoms with van der Waals surface area (Å²) in [5.74, 6) is 0.721. The van der Waals surface area contributed by atoms with Gasteiger partial charge in [0, 0.05) is 5.39 Å². The fourth-order valence-corrected chi connectivity index (χ4v) is 4.63. The van der Waals surface area contributed by atoms with Gasteiger partial charge in [-0.1, -0.05) is 62.4 Å². The van der Waals surface area contributed by atoms with Gasteiger partial charge in [0.15, 0.2) is 0 Å². The van der Waals surface area contributed by atoms with Crippen LogP contribution in [0.25, 0.3) is 10.8 Å². The number of sulfonamides is 1. The van der Waals surface area contributed by atoms with Gasteiger partial charge in [0.05, 0.1) is 25.1 Å². The first-order valence-electron chi connectivity index (χ1n) is 10.6. The second-order valence-electron chi connectivity index (χ2n) is 8.29. The Morgan fingerprint density at radius 3 is 2.28 bits per heavy atom. The number of hydrogen-bond acceptors (Lipinski definition) is 4. The molecular weight excluding hydrogens is 424 g/mol. The molecule has 0 aromatic heterocycles. The van der Waals surface area contributed by atoms with Gasteiger partial charge in [0.25, 0.3) is 0 Å². The molecule has 1 N–H and O–H groups in total. The van der Waals surface area contributed by atoms with Crippen molar-refractivity contribution in [1.82, 2.24) is 5.32 Å². The Morgan fingerprint density at radius 1 is 1.00 bits per heavy atom. The highest BCUT2D eigenvalue weighted by molar-refractivity contribution is 7.92. The molecule has 6 nitrogen and oxygen atoms in total. The molecule has 0 aliphatic carbocycles. The van der Waals surface area contributed by atoms with Gasteiger partial charge in [0.2, 0.25) is 15.9 Å². The molecule has 7 heteroatoms. The Hall–Kier alpha value is -3.06. The topological polar surface area (TPSA) is 75.7 Å². The van der Waals surface area contributed by atoms with Crippen LogP contribution in [0.5, 0.6) is 5.75 Å². The van der Waals surface area contributed by atoms with Crippen LogP contribution in [0, 0.1) is 5.92 Å². The highest BCUT2D eigenvalue weighted by Gasteiger charge is 2.24. The molecule has 170 valence electrons. The second-order valence-corrected chi connectivity index (χ2v) is 10.2. The molecule has 0 bridgehead atoms. The van der Waals surface area contributed by atoms with Crippen LogP contribution in [0.2, 0.25) is 0 Å². The third-order valence-corrected chi connectivity index (χ3v) is 6.41. The van der Waals surface area contributed by atoms with Gasteiger partial charge in [0.1, 0.15) is 12.3 Å². The van der Waals surface area contributed by atoms with Crippen molar-refractivity contribution in [3.8, 4) is 5.75 Å². The maximum absolute atomic E-state index is 13.1. The fraction of sp³-hybridized carbons (Fsp3) is 0.320. The van der Waals surface area contributed by atoms with E-state index in [9.17, 15) is 13.2 Å². The summed E-state index contributed by atoms with van der Waals surface area (Å²) in [5.41, 5.74) is 1.44. The number of nitrogens with one attached hydrogen (secondary N) is 1. The molecule has 0 fully saturated rings. The van der Waals surface area contributed by atoms with Gasteiger partial charge in [-0.05, 0) is 41.5 Å². The molecule has 0 saturated heterocycles. The van der Waals surface area contributed by atoms with Crippen molar-refractivity contribution in [2.45, 2.75) is 26.3 Å². The highest BCUT2D eigenvalue weighted by Crippen LogP contribution is 2.29. The van der Waals surface area contributed by atoms with Gasteiger partial charge in [-0.15, -0.1) is 0 Å². The van der Waals surface area contributed by atoms with E-state index in [1.807, 2.05) is 54.6 Å². The summed E-state index contributed by atoms with van der Waals surface area (Å²) in [6.07, 6.45) is 1.85. The van der Waals surface area contributed by atoms with Crippen LogP contribution < -0.4 is 14.4 Å². The smallest absolute Gasteiger partial charge is 0.241 e. The largest absolute Gasteiger partial charge is 0.497 e.